The Morgan fingerprint density at radius 2 is 2.21 bits per heavy atom. The molecule has 0 atom stereocenters. The lowest BCUT2D eigenvalue weighted by Crippen LogP contribution is -2.30. The molecular weight excluding hydrogens is 244 g/mol. The summed E-state index contributed by atoms with van der Waals surface area (Å²) >= 11 is 0. The number of hydrogen-bond acceptors (Lipinski definition) is 4. The predicted octanol–water partition coefficient (Wildman–Crippen LogP) is 0.841. The third-order valence-corrected chi connectivity index (χ3v) is 2.81. The lowest BCUT2D eigenvalue weighted by molar-refractivity contribution is -0.121. The molecule has 0 unspecified atom stereocenters. The Labute approximate surface area is 111 Å². The van der Waals surface area contributed by atoms with Crippen molar-refractivity contribution in [3.05, 3.63) is 24.3 Å². The lowest BCUT2D eigenvalue weighted by atomic mass is 10.3. The van der Waals surface area contributed by atoms with Crippen LogP contribution in [0.25, 0.3) is 11.0 Å². The molecule has 0 bridgehead atoms. The van der Waals surface area contributed by atoms with Crippen LogP contribution in [0.1, 0.15) is 0 Å². The van der Waals surface area contributed by atoms with Crippen LogP contribution in [0, 0.1) is 0 Å². The molecule has 6 nitrogen and oxygen atoms in total. The van der Waals surface area contributed by atoms with E-state index in [0.717, 1.165) is 11.0 Å². The molecule has 6 heteroatoms. The Kier molecular flexibility index (Phi) is 4.35. The highest BCUT2D eigenvalue weighted by Gasteiger charge is 2.11. The number of benzene rings is 1. The van der Waals surface area contributed by atoms with Gasteiger partial charge in [-0.1, -0.05) is 12.1 Å². The first-order chi connectivity index (χ1) is 9.26. The van der Waals surface area contributed by atoms with Crippen LogP contribution in [-0.2, 0) is 16.1 Å². The fraction of sp³-hybridized carbons (Fsp3) is 0.385. The normalized spacial score (nSPS) is 10.6. The summed E-state index contributed by atoms with van der Waals surface area (Å²) < 4.78 is 6.75. The topological polar surface area (TPSA) is 68.2 Å². The molecular formula is C13H18N4O2. The number of imidazole rings is 1. The van der Waals surface area contributed by atoms with Crippen molar-refractivity contribution in [2.45, 2.75) is 6.54 Å². The molecule has 2 aromatic rings. The number of anilines is 1. The van der Waals surface area contributed by atoms with Gasteiger partial charge < -0.3 is 19.9 Å². The van der Waals surface area contributed by atoms with Gasteiger partial charge in [0.15, 0.2) is 0 Å². The van der Waals surface area contributed by atoms with E-state index in [1.807, 2.05) is 28.8 Å². The average Bonchev–Trinajstić information content (AvgIpc) is 2.77. The smallest absolute Gasteiger partial charge is 0.240 e. The second kappa shape index (κ2) is 6.19. The van der Waals surface area contributed by atoms with Crippen LogP contribution >= 0.6 is 0 Å². The third-order valence-electron chi connectivity index (χ3n) is 2.81. The summed E-state index contributed by atoms with van der Waals surface area (Å²) in [4.78, 5) is 16.3. The van der Waals surface area contributed by atoms with Crippen LogP contribution < -0.4 is 10.6 Å². The van der Waals surface area contributed by atoms with Gasteiger partial charge >= 0.3 is 0 Å². The molecule has 0 radical (unpaired) electrons. The molecule has 2 rings (SSSR count). The molecule has 0 aliphatic rings. The zero-order valence-corrected chi connectivity index (χ0v) is 11.1. The standard InChI is InChI=1S/C13H18N4O2/c1-14-13-16-10-5-3-4-6-11(10)17(13)9-12(18)15-7-8-19-2/h3-6H,7-9H2,1-2H3,(H,14,16)(H,15,18). The summed E-state index contributed by atoms with van der Waals surface area (Å²) in [6.45, 7) is 1.26. The second-order valence-electron chi connectivity index (χ2n) is 4.10. The van der Waals surface area contributed by atoms with Crippen LogP contribution in [0.4, 0.5) is 5.95 Å². The Morgan fingerprint density at radius 1 is 1.42 bits per heavy atom. The predicted molar refractivity (Wildman–Crippen MR) is 74.2 cm³/mol. The Balaban J connectivity index is 2.16. The van der Waals surface area contributed by atoms with Crippen molar-refractivity contribution in [3.8, 4) is 0 Å². The van der Waals surface area contributed by atoms with Gasteiger partial charge in [0.1, 0.15) is 6.54 Å². The molecule has 0 fully saturated rings. The summed E-state index contributed by atoms with van der Waals surface area (Å²) in [5.74, 6) is 0.625. The summed E-state index contributed by atoms with van der Waals surface area (Å²) in [7, 11) is 3.40. The van der Waals surface area contributed by atoms with Gasteiger partial charge in [-0.05, 0) is 12.1 Å². The van der Waals surface area contributed by atoms with E-state index in [1.54, 1.807) is 14.2 Å². The lowest BCUT2D eigenvalue weighted by Gasteiger charge is -2.09. The first kappa shape index (κ1) is 13.4. The zero-order chi connectivity index (χ0) is 13.7. The quantitative estimate of drug-likeness (QED) is 0.757. The average molecular weight is 262 g/mol. The van der Waals surface area contributed by atoms with Gasteiger partial charge in [0.05, 0.1) is 17.6 Å². The van der Waals surface area contributed by atoms with Gasteiger partial charge in [0.2, 0.25) is 11.9 Å². The van der Waals surface area contributed by atoms with Crippen LogP contribution in [0.5, 0.6) is 0 Å². The van der Waals surface area contributed by atoms with Crippen molar-refractivity contribution in [2.75, 3.05) is 32.6 Å². The van der Waals surface area contributed by atoms with E-state index in [1.165, 1.54) is 0 Å². The minimum absolute atomic E-state index is 0.0586. The Morgan fingerprint density at radius 3 is 2.95 bits per heavy atom. The van der Waals surface area contributed by atoms with E-state index in [2.05, 4.69) is 15.6 Å². The number of nitrogens with one attached hydrogen (secondary N) is 2. The number of carbonyl (C=O) groups excluding carboxylic acids is 1. The minimum Gasteiger partial charge on any atom is -0.383 e. The van der Waals surface area contributed by atoms with Gasteiger partial charge in [-0.15, -0.1) is 0 Å². The van der Waals surface area contributed by atoms with Gasteiger partial charge in [-0.3, -0.25) is 4.79 Å². The number of nitrogens with zero attached hydrogens (tertiary/aromatic N) is 2. The first-order valence-electron chi connectivity index (χ1n) is 6.15. The number of aromatic nitrogens is 2. The molecule has 0 aliphatic carbocycles. The maximum Gasteiger partial charge on any atom is 0.240 e. The van der Waals surface area contributed by atoms with Crippen LogP contribution in [0.3, 0.4) is 0 Å². The van der Waals surface area contributed by atoms with Crippen molar-refractivity contribution in [3.63, 3.8) is 0 Å². The zero-order valence-electron chi connectivity index (χ0n) is 11.1. The molecule has 1 aromatic heterocycles. The first-order valence-corrected chi connectivity index (χ1v) is 6.15. The fourth-order valence-electron chi connectivity index (χ4n) is 1.92. The number of fused-ring (bicyclic) bond motifs is 1. The SMILES string of the molecule is CNc1nc2ccccc2n1CC(=O)NCCOC. The molecule has 0 aliphatic heterocycles. The fourth-order valence-corrected chi connectivity index (χ4v) is 1.92. The van der Waals surface area contributed by atoms with Gasteiger partial charge in [0.25, 0.3) is 0 Å². The number of hydrogen-bond donors (Lipinski definition) is 2. The minimum atomic E-state index is -0.0586. The molecule has 1 heterocycles. The number of methoxy groups -OCH3 is 1. The third kappa shape index (κ3) is 3.03. The number of ether oxygens (including phenoxy) is 1. The van der Waals surface area contributed by atoms with Crippen molar-refractivity contribution < 1.29 is 9.53 Å². The highest BCUT2D eigenvalue weighted by Crippen LogP contribution is 2.18. The molecule has 102 valence electrons. The highest BCUT2D eigenvalue weighted by atomic mass is 16.5. The second-order valence-corrected chi connectivity index (χ2v) is 4.10. The Bertz CT molecular complexity index is 565. The van der Waals surface area contributed by atoms with E-state index in [-0.39, 0.29) is 12.5 Å². The molecule has 0 saturated carbocycles. The number of carbonyl (C=O) groups is 1. The van der Waals surface area contributed by atoms with E-state index in [9.17, 15) is 4.79 Å². The Hall–Kier alpha value is -2.08. The summed E-state index contributed by atoms with van der Waals surface area (Å²) in [5.41, 5.74) is 1.81. The van der Waals surface area contributed by atoms with Crippen molar-refractivity contribution in [2.24, 2.45) is 0 Å². The molecule has 19 heavy (non-hydrogen) atoms. The maximum absolute atomic E-state index is 11.9. The monoisotopic (exact) mass is 262 g/mol. The number of amides is 1. The molecule has 2 N–H and O–H groups in total. The van der Waals surface area contributed by atoms with Crippen molar-refractivity contribution >= 4 is 22.9 Å². The molecule has 1 aromatic carbocycles. The number of para-hydroxylation sites is 2. The molecule has 0 spiro atoms. The maximum atomic E-state index is 11.9. The van der Waals surface area contributed by atoms with Crippen LogP contribution in [-0.4, -0.2) is 42.8 Å². The van der Waals surface area contributed by atoms with Crippen LogP contribution in [0.2, 0.25) is 0 Å². The van der Waals surface area contributed by atoms with Gasteiger partial charge in [-0.2, -0.15) is 0 Å². The van der Waals surface area contributed by atoms with Gasteiger partial charge in [0, 0.05) is 20.7 Å². The molecule has 1 amide bonds. The van der Waals surface area contributed by atoms with E-state index >= 15 is 0 Å². The van der Waals surface area contributed by atoms with Crippen LogP contribution in [0.15, 0.2) is 24.3 Å². The summed E-state index contributed by atoms with van der Waals surface area (Å²) in [5, 5.41) is 5.80. The van der Waals surface area contributed by atoms with E-state index < -0.39 is 0 Å². The van der Waals surface area contributed by atoms with Gasteiger partial charge in [-0.25, -0.2) is 4.98 Å². The van der Waals surface area contributed by atoms with E-state index in [4.69, 9.17) is 4.74 Å². The number of rotatable bonds is 6. The molecule has 0 saturated heterocycles. The van der Waals surface area contributed by atoms with Crippen molar-refractivity contribution in [1.82, 2.24) is 14.9 Å². The van der Waals surface area contributed by atoms with E-state index in [0.29, 0.717) is 19.1 Å². The van der Waals surface area contributed by atoms with Crippen molar-refractivity contribution in [1.29, 1.82) is 0 Å². The summed E-state index contributed by atoms with van der Waals surface area (Å²) in [6.07, 6.45) is 0. The largest absolute Gasteiger partial charge is 0.383 e. The summed E-state index contributed by atoms with van der Waals surface area (Å²) in [6, 6.07) is 7.74. The highest BCUT2D eigenvalue weighted by molar-refractivity contribution is 5.83.